The minimum atomic E-state index is -0.709. The Hall–Kier alpha value is -0.570. The molecule has 0 radical (unpaired) electrons. The van der Waals surface area contributed by atoms with Crippen LogP contribution < -0.4 is 0 Å². The molecular weight excluding hydrogens is 166 g/mol. The van der Waals surface area contributed by atoms with E-state index in [2.05, 4.69) is 0 Å². The van der Waals surface area contributed by atoms with Crippen molar-refractivity contribution in [2.45, 2.75) is 44.1 Å². The molecule has 1 saturated carbocycles. The summed E-state index contributed by atoms with van der Waals surface area (Å²) in [6.45, 7) is 0. The molecule has 0 saturated heterocycles. The first kappa shape index (κ1) is 10.5. The summed E-state index contributed by atoms with van der Waals surface area (Å²) < 4.78 is 0. The highest BCUT2D eigenvalue weighted by atomic mass is 16.3. The minimum absolute atomic E-state index is 0.0319. The Bertz CT molecular complexity index is 183. The number of hydrogen-bond acceptors (Lipinski definition) is 2. The summed E-state index contributed by atoms with van der Waals surface area (Å²) in [4.78, 5) is 12.9. The fraction of sp³-hybridized carbons (Fsp3) is 0.900. The molecule has 0 unspecified atom stereocenters. The van der Waals surface area contributed by atoms with Crippen molar-refractivity contribution in [2.24, 2.45) is 0 Å². The second kappa shape index (κ2) is 4.09. The molecule has 3 nitrogen and oxygen atoms in total. The smallest absolute Gasteiger partial charge is 0.224 e. The summed E-state index contributed by atoms with van der Waals surface area (Å²) in [5.41, 5.74) is -0.709. The molecule has 0 bridgehead atoms. The molecule has 0 atom stereocenters. The SMILES string of the molecule is CN(C)C(=O)CC1(O)CCCCC1. The van der Waals surface area contributed by atoms with E-state index in [1.54, 1.807) is 19.0 Å². The monoisotopic (exact) mass is 185 g/mol. The Morgan fingerprint density at radius 1 is 1.31 bits per heavy atom. The molecule has 0 aromatic carbocycles. The normalized spacial score (nSPS) is 21.2. The summed E-state index contributed by atoms with van der Waals surface area (Å²) in [5, 5.41) is 10.0. The van der Waals surface area contributed by atoms with Crippen molar-refractivity contribution in [1.82, 2.24) is 4.90 Å². The van der Waals surface area contributed by atoms with E-state index in [-0.39, 0.29) is 5.91 Å². The van der Waals surface area contributed by atoms with E-state index in [0.29, 0.717) is 6.42 Å². The van der Waals surface area contributed by atoms with Crippen LogP contribution in [0, 0.1) is 0 Å². The van der Waals surface area contributed by atoms with Crippen molar-refractivity contribution in [3.8, 4) is 0 Å². The Balaban J connectivity index is 2.45. The van der Waals surface area contributed by atoms with Crippen molar-refractivity contribution in [2.75, 3.05) is 14.1 Å². The standard InChI is InChI=1S/C10H19NO2/c1-11(2)9(12)8-10(13)6-4-3-5-7-10/h13H,3-8H2,1-2H3. The third-order valence-corrected chi connectivity index (χ3v) is 2.76. The van der Waals surface area contributed by atoms with E-state index in [0.717, 1.165) is 25.7 Å². The van der Waals surface area contributed by atoms with E-state index < -0.39 is 5.60 Å². The fourth-order valence-electron chi connectivity index (χ4n) is 1.83. The summed E-state index contributed by atoms with van der Waals surface area (Å²) in [7, 11) is 3.46. The molecule has 1 rings (SSSR count). The van der Waals surface area contributed by atoms with Gasteiger partial charge in [0.1, 0.15) is 0 Å². The molecule has 0 aromatic rings. The quantitative estimate of drug-likeness (QED) is 0.701. The van der Waals surface area contributed by atoms with Crippen LogP contribution >= 0.6 is 0 Å². The van der Waals surface area contributed by atoms with Gasteiger partial charge in [-0.2, -0.15) is 0 Å². The lowest BCUT2D eigenvalue weighted by Crippen LogP contribution is -2.37. The number of carbonyl (C=O) groups is 1. The van der Waals surface area contributed by atoms with Crippen molar-refractivity contribution in [3.63, 3.8) is 0 Å². The van der Waals surface area contributed by atoms with Gasteiger partial charge in [-0.05, 0) is 12.8 Å². The van der Waals surface area contributed by atoms with Gasteiger partial charge in [-0.15, -0.1) is 0 Å². The van der Waals surface area contributed by atoms with Crippen LogP contribution in [0.15, 0.2) is 0 Å². The van der Waals surface area contributed by atoms with E-state index in [4.69, 9.17) is 0 Å². The zero-order valence-electron chi connectivity index (χ0n) is 8.55. The van der Waals surface area contributed by atoms with Crippen molar-refractivity contribution in [1.29, 1.82) is 0 Å². The lowest BCUT2D eigenvalue weighted by atomic mass is 9.82. The molecule has 1 N–H and O–H groups in total. The predicted molar refractivity (Wildman–Crippen MR) is 51.3 cm³/mol. The third-order valence-electron chi connectivity index (χ3n) is 2.76. The summed E-state index contributed by atoms with van der Waals surface area (Å²) in [6.07, 6.45) is 5.16. The van der Waals surface area contributed by atoms with Gasteiger partial charge in [0.25, 0.3) is 0 Å². The minimum Gasteiger partial charge on any atom is -0.389 e. The number of rotatable bonds is 2. The van der Waals surface area contributed by atoms with Crippen molar-refractivity contribution < 1.29 is 9.90 Å². The molecule has 3 heteroatoms. The summed E-state index contributed by atoms with van der Waals surface area (Å²) >= 11 is 0. The predicted octanol–water partition coefficient (Wildman–Crippen LogP) is 1.16. The molecule has 0 heterocycles. The zero-order valence-corrected chi connectivity index (χ0v) is 8.55. The van der Waals surface area contributed by atoms with E-state index >= 15 is 0 Å². The molecule has 76 valence electrons. The fourth-order valence-corrected chi connectivity index (χ4v) is 1.83. The lowest BCUT2D eigenvalue weighted by molar-refractivity contribution is -0.135. The van der Waals surface area contributed by atoms with Crippen LogP contribution in [-0.2, 0) is 4.79 Å². The maximum atomic E-state index is 11.4. The largest absolute Gasteiger partial charge is 0.389 e. The molecule has 0 aromatic heterocycles. The van der Waals surface area contributed by atoms with Crippen LogP contribution in [0.2, 0.25) is 0 Å². The van der Waals surface area contributed by atoms with Gasteiger partial charge in [-0.1, -0.05) is 19.3 Å². The lowest BCUT2D eigenvalue weighted by Gasteiger charge is -2.32. The van der Waals surface area contributed by atoms with Gasteiger partial charge in [0, 0.05) is 14.1 Å². The molecule has 0 spiro atoms. The molecule has 1 aliphatic rings. The van der Waals surface area contributed by atoms with Gasteiger partial charge in [-0.3, -0.25) is 4.79 Å². The van der Waals surface area contributed by atoms with Gasteiger partial charge in [-0.25, -0.2) is 0 Å². The van der Waals surface area contributed by atoms with Crippen molar-refractivity contribution in [3.05, 3.63) is 0 Å². The molecule has 1 aliphatic carbocycles. The summed E-state index contributed by atoms with van der Waals surface area (Å²) in [6, 6.07) is 0. The van der Waals surface area contributed by atoms with Crippen LogP contribution in [0.4, 0.5) is 0 Å². The van der Waals surface area contributed by atoms with E-state index in [1.807, 2.05) is 0 Å². The van der Waals surface area contributed by atoms with Gasteiger partial charge >= 0.3 is 0 Å². The first-order valence-electron chi connectivity index (χ1n) is 4.96. The highest BCUT2D eigenvalue weighted by Crippen LogP contribution is 2.30. The Morgan fingerprint density at radius 2 is 1.85 bits per heavy atom. The van der Waals surface area contributed by atoms with Gasteiger partial charge in [0.05, 0.1) is 12.0 Å². The maximum absolute atomic E-state index is 11.4. The molecule has 13 heavy (non-hydrogen) atoms. The highest BCUT2D eigenvalue weighted by molar-refractivity contribution is 5.76. The van der Waals surface area contributed by atoms with Crippen molar-refractivity contribution >= 4 is 5.91 Å². The number of carbonyl (C=O) groups excluding carboxylic acids is 1. The molecular formula is C10H19NO2. The number of amides is 1. The Morgan fingerprint density at radius 3 is 2.31 bits per heavy atom. The van der Waals surface area contributed by atoms with Gasteiger partial charge in [0.15, 0.2) is 0 Å². The number of aliphatic hydroxyl groups is 1. The van der Waals surface area contributed by atoms with E-state index in [9.17, 15) is 9.90 Å². The topological polar surface area (TPSA) is 40.5 Å². The number of hydrogen-bond donors (Lipinski definition) is 1. The zero-order chi connectivity index (χ0) is 9.90. The van der Waals surface area contributed by atoms with Gasteiger partial charge < -0.3 is 10.0 Å². The second-order valence-electron chi connectivity index (χ2n) is 4.25. The van der Waals surface area contributed by atoms with Crippen LogP contribution in [0.1, 0.15) is 38.5 Å². The van der Waals surface area contributed by atoms with Crippen LogP contribution in [0.3, 0.4) is 0 Å². The van der Waals surface area contributed by atoms with Crippen LogP contribution in [-0.4, -0.2) is 35.6 Å². The second-order valence-corrected chi connectivity index (χ2v) is 4.25. The third kappa shape index (κ3) is 2.99. The Kier molecular flexibility index (Phi) is 3.31. The van der Waals surface area contributed by atoms with Crippen LogP contribution in [0.5, 0.6) is 0 Å². The average molecular weight is 185 g/mol. The maximum Gasteiger partial charge on any atom is 0.224 e. The van der Waals surface area contributed by atoms with Crippen LogP contribution in [0.25, 0.3) is 0 Å². The number of nitrogens with zero attached hydrogens (tertiary/aromatic N) is 1. The van der Waals surface area contributed by atoms with E-state index in [1.165, 1.54) is 6.42 Å². The molecule has 0 aliphatic heterocycles. The first-order valence-corrected chi connectivity index (χ1v) is 4.96. The highest BCUT2D eigenvalue weighted by Gasteiger charge is 2.31. The Labute approximate surface area is 79.7 Å². The molecule has 1 amide bonds. The average Bonchev–Trinajstić information content (AvgIpc) is 2.04. The first-order chi connectivity index (χ1) is 6.03. The van der Waals surface area contributed by atoms with Gasteiger partial charge in [0.2, 0.25) is 5.91 Å². The molecule has 1 fully saturated rings. The summed E-state index contributed by atoms with van der Waals surface area (Å²) in [5.74, 6) is 0.0319.